The molecule has 0 aliphatic heterocycles. The van der Waals surface area contributed by atoms with Gasteiger partial charge in [-0.15, -0.1) is 0 Å². The Morgan fingerprint density at radius 1 is 1.25 bits per heavy atom. The van der Waals surface area contributed by atoms with Crippen LogP contribution in [0.1, 0.15) is 17.6 Å². The Bertz CT molecular complexity index is 605. The van der Waals surface area contributed by atoms with E-state index in [1.807, 2.05) is 0 Å². The highest BCUT2D eigenvalue weighted by Gasteiger charge is 2.16. The van der Waals surface area contributed by atoms with E-state index in [1.54, 1.807) is 39.3 Å². The van der Waals surface area contributed by atoms with Gasteiger partial charge >= 0.3 is 11.9 Å². The maximum absolute atomic E-state index is 11.5. The van der Waals surface area contributed by atoms with E-state index >= 15 is 0 Å². The summed E-state index contributed by atoms with van der Waals surface area (Å²) >= 11 is 0. The Balaban J connectivity index is 2.30. The van der Waals surface area contributed by atoms with Crippen LogP contribution in [0.15, 0.2) is 28.8 Å². The van der Waals surface area contributed by atoms with Crippen LogP contribution in [-0.2, 0) is 4.74 Å². The fourth-order valence-corrected chi connectivity index (χ4v) is 1.68. The lowest BCUT2D eigenvalue weighted by molar-refractivity contribution is 0.0482. The second-order valence-electron chi connectivity index (χ2n) is 3.82. The number of benzene rings is 1. The zero-order valence-electron chi connectivity index (χ0n) is 11.5. The molecule has 0 amide bonds. The number of nitrogens with zero attached hydrogens (tertiary/aromatic N) is 1. The van der Waals surface area contributed by atoms with E-state index in [0.717, 1.165) is 5.56 Å². The third-order valence-electron chi connectivity index (χ3n) is 2.62. The van der Waals surface area contributed by atoms with Gasteiger partial charge < -0.3 is 18.6 Å². The number of rotatable bonds is 5. The number of esters is 1. The minimum atomic E-state index is -0.584. The van der Waals surface area contributed by atoms with Crippen LogP contribution in [-0.4, -0.2) is 31.8 Å². The van der Waals surface area contributed by atoms with Gasteiger partial charge in [0.2, 0.25) is 0 Å². The van der Waals surface area contributed by atoms with Crippen molar-refractivity contribution >= 4 is 5.97 Å². The first-order chi connectivity index (χ1) is 9.69. The molecule has 0 atom stereocenters. The van der Waals surface area contributed by atoms with Crippen LogP contribution in [0, 0.1) is 0 Å². The van der Waals surface area contributed by atoms with E-state index in [1.165, 1.54) is 6.20 Å². The van der Waals surface area contributed by atoms with Gasteiger partial charge in [-0.1, -0.05) is 0 Å². The van der Waals surface area contributed by atoms with Gasteiger partial charge in [-0.05, 0) is 25.1 Å². The van der Waals surface area contributed by atoms with Crippen molar-refractivity contribution in [2.75, 3.05) is 20.8 Å². The molecule has 1 aromatic carbocycles. The topological polar surface area (TPSA) is 70.8 Å². The van der Waals surface area contributed by atoms with Crippen molar-refractivity contribution in [1.82, 2.24) is 4.98 Å². The van der Waals surface area contributed by atoms with Crippen molar-refractivity contribution in [1.29, 1.82) is 0 Å². The fraction of sp³-hybridized carbons (Fsp3) is 0.286. The second-order valence-corrected chi connectivity index (χ2v) is 3.82. The van der Waals surface area contributed by atoms with Crippen molar-refractivity contribution in [3.63, 3.8) is 0 Å². The van der Waals surface area contributed by atoms with Crippen LogP contribution in [0.25, 0.3) is 11.3 Å². The summed E-state index contributed by atoms with van der Waals surface area (Å²) in [5, 5.41) is 0. The van der Waals surface area contributed by atoms with Gasteiger partial charge in [0.25, 0.3) is 0 Å². The van der Waals surface area contributed by atoms with Crippen LogP contribution in [0.5, 0.6) is 11.5 Å². The van der Waals surface area contributed by atoms with E-state index in [2.05, 4.69) is 4.98 Å². The lowest BCUT2D eigenvalue weighted by Gasteiger charge is -2.07. The standard InChI is InChI=1S/C14H15NO5/c1-4-19-14(16)13-15-8-12(20-13)9-5-6-10(17-2)11(7-9)18-3/h5-8H,4H2,1-3H3. The Kier molecular flexibility index (Phi) is 4.24. The molecule has 0 saturated heterocycles. The van der Waals surface area contributed by atoms with Crippen molar-refractivity contribution in [3.05, 3.63) is 30.3 Å². The summed E-state index contributed by atoms with van der Waals surface area (Å²) in [6.07, 6.45) is 1.47. The Labute approximate surface area is 116 Å². The third-order valence-corrected chi connectivity index (χ3v) is 2.62. The van der Waals surface area contributed by atoms with Gasteiger partial charge in [-0.25, -0.2) is 9.78 Å². The van der Waals surface area contributed by atoms with Crippen LogP contribution in [0.3, 0.4) is 0 Å². The van der Waals surface area contributed by atoms with Gasteiger partial charge in [0.15, 0.2) is 17.3 Å². The van der Waals surface area contributed by atoms with E-state index in [9.17, 15) is 4.79 Å². The number of hydrogen-bond acceptors (Lipinski definition) is 6. The van der Waals surface area contributed by atoms with E-state index in [0.29, 0.717) is 17.3 Å². The van der Waals surface area contributed by atoms with E-state index < -0.39 is 5.97 Å². The summed E-state index contributed by atoms with van der Waals surface area (Å²) in [6, 6.07) is 5.28. The molecule has 2 rings (SSSR count). The molecule has 106 valence electrons. The molecular formula is C14H15NO5. The molecule has 0 fully saturated rings. The van der Waals surface area contributed by atoms with E-state index in [4.69, 9.17) is 18.6 Å². The molecular weight excluding hydrogens is 262 g/mol. The number of carbonyl (C=O) groups excluding carboxylic acids is 1. The SMILES string of the molecule is CCOC(=O)c1ncc(-c2ccc(OC)c(OC)c2)o1. The quantitative estimate of drug-likeness (QED) is 0.782. The van der Waals surface area contributed by atoms with Crippen molar-refractivity contribution in [3.8, 4) is 22.8 Å². The Morgan fingerprint density at radius 3 is 2.65 bits per heavy atom. The normalized spacial score (nSPS) is 10.2. The number of oxazole rings is 1. The number of ether oxygens (including phenoxy) is 3. The molecule has 0 spiro atoms. The van der Waals surface area contributed by atoms with E-state index in [-0.39, 0.29) is 12.5 Å². The molecule has 20 heavy (non-hydrogen) atoms. The molecule has 0 aliphatic rings. The number of methoxy groups -OCH3 is 2. The average molecular weight is 277 g/mol. The Morgan fingerprint density at radius 2 is 2.00 bits per heavy atom. The van der Waals surface area contributed by atoms with Gasteiger partial charge in [-0.3, -0.25) is 0 Å². The number of aromatic nitrogens is 1. The van der Waals surface area contributed by atoms with Crippen molar-refractivity contribution in [2.45, 2.75) is 6.92 Å². The number of hydrogen-bond donors (Lipinski definition) is 0. The van der Waals surface area contributed by atoms with Crippen LogP contribution in [0.2, 0.25) is 0 Å². The first-order valence-corrected chi connectivity index (χ1v) is 6.05. The van der Waals surface area contributed by atoms with Crippen LogP contribution in [0.4, 0.5) is 0 Å². The van der Waals surface area contributed by atoms with Gasteiger partial charge in [0.05, 0.1) is 27.0 Å². The van der Waals surface area contributed by atoms with Gasteiger partial charge in [0.1, 0.15) is 0 Å². The summed E-state index contributed by atoms with van der Waals surface area (Å²) in [6.45, 7) is 1.99. The first kappa shape index (κ1) is 13.9. The van der Waals surface area contributed by atoms with Crippen LogP contribution >= 0.6 is 0 Å². The molecule has 1 aromatic heterocycles. The predicted molar refractivity (Wildman–Crippen MR) is 71.0 cm³/mol. The zero-order chi connectivity index (χ0) is 14.5. The third kappa shape index (κ3) is 2.74. The summed E-state index contributed by atoms with van der Waals surface area (Å²) < 4.78 is 20.6. The van der Waals surface area contributed by atoms with Crippen molar-refractivity contribution in [2.24, 2.45) is 0 Å². The molecule has 6 nitrogen and oxygen atoms in total. The first-order valence-electron chi connectivity index (χ1n) is 6.05. The minimum absolute atomic E-state index is 0.0726. The molecule has 6 heteroatoms. The summed E-state index contributed by atoms with van der Waals surface area (Å²) in [4.78, 5) is 15.4. The zero-order valence-corrected chi connectivity index (χ0v) is 11.5. The largest absolute Gasteiger partial charge is 0.493 e. The molecule has 2 aromatic rings. The fourth-order valence-electron chi connectivity index (χ4n) is 1.68. The summed E-state index contributed by atoms with van der Waals surface area (Å²) in [7, 11) is 3.11. The molecule has 1 heterocycles. The maximum Gasteiger partial charge on any atom is 0.394 e. The molecule has 0 radical (unpaired) electrons. The number of carbonyl (C=O) groups is 1. The lowest BCUT2D eigenvalue weighted by Crippen LogP contribution is -2.04. The molecule has 0 saturated carbocycles. The maximum atomic E-state index is 11.5. The molecule has 0 N–H and O–H groups in total. The molecule has 0 bridgehead atoms. The lowest BCUT2D eigenvalue weighted by atomic mass is 10.1. The highest BCUT2D eigenvalue weighted by atomic mass is 16.5. The van der Waals surface area contributed by atoms with Crippen LogP contribution < -0.4 is 9.47 Å². The second kappa shape index (κ2) is 6.10. The summed E-state index contributed by atoms with van der Waals surface area (Å²) in [5.74, 6) is 0.977. The predicted octanol–water partition coefficient (Wildman–Crippen LogP) is 2.54. The smallest absolute Gasteiger partial charge is 0.394 e. The average Bonchev–Trinajstić information content (AvgIpc) is 2.96. The van der Waals surface area contributed by atoms with Crippen molar-refractivity contribution < 1.29 is 23.4 Å². The highest BCUT2D eigenvalue weighted by Crippen LogP contribution is 2.32. The Hall–Kier alpha value is -2.50. The molecule has 0 unspecified atom stereocenters. The van der Waals surface area contributed by atoms with Gasteiger partial charge in [0, 0.05) is 5.56 Å². The monoisotopic (exact) mass is 277 g/mol. The van der Waals surface area contributed by atoms with Gasteiger partial charge in [-0.2, -0.15) is 0 Å². The summed E-state index contributed by atoms with van der Waals surface area (Å²) in [5.41, 5.74) is 0.727. The minimum Gasteiger partial charge on any atom is -0.493 e. The highest BCUT2D eigenvalue weighted by molar-refractivity contribution is 5.84. The molecule has 0 aliphatic carbocycles.